The van der Waals surface area contributed by atoms with Gasteiger partial charge in [0.05, 0.1) is 11.8 Å². The van der Waals surface area contributed by atoms with Crippen molar-refractivity contribution in [3.8, 4) is 0 Å². The van der Waals surface area contributed by atoms with Crippen molar-refractivity contribution in [2.24, 2.45) is 0 Å². The monoisotopic (exact) mass is 465 g/mol. The number of anilines is 2. The number of fused-ring (bicyclic) bond motifs is 1. The van der Waals surface area contributed by atoms with E-state index in [1.54, 1.807) is 36.4 Å². The SMILES string of the molecule is O=C(Nc1cccc(Cl)c1)Nc1cnc2c(C(=O)NCc3ccc(F)cc3)cccn2c1=O. The molecule has 0 saturated carbocycles. The third kappa shape index (κ3) is 5.16. The van der Waals surface area contributed by atoms with Crippen LogP contribution in [-0.4, -0.2) is 21.3 Å². The van der Waals surface area contributed by atoms with E-state index >= 15 is 0 Å². The Morgan fingerprint density at radius 2 is 1.82 bits per heavy atom. The summed E-state index contributed by atoms with van der Waals surface area (Å²) in [6.45, 7) is 0.174. The molecule has 0 saturated heterocycles. The van der Waals surface area contributed by atoms with Crippen LogP contribution in [0.1, 0.15) is 15.9 Å². The van der Waals surface area contributed by atoms with Gasteiger partial charge >= 0.3 is 6.03 Å². The average Bonchev–Trinajstić information content (AvgIpc) is 2.80. The summed E-state index contributed by atoms with van der Waals surface area (Å²) in [5, 5.41) is 8.19. The zero-order valence-corrected chi connectivity index (χ0v) is 17.8. The fourth-order valence-corrected chi connectivity index (χ4v) is 3.29. The Labute approximate surface area is 192 Å². The summed E-state index contributed by atoms with van der Waals surface area (Å²) in [5.41, 5.74) is 0.832. The van der Waals surface area contributed by atoms with Crippen LogP contribution in [0.2, 0.25) is 5.02 Å². The number of pyridine rings is 1. The molecule has 10 heteroatoms. The van der Waals surface area contributed by atoms with Crippen molar-refractivity contribution in [3.05, 3.63) is 105 Å². The molecule has 0 aliphatic rings. The van der Waals surface area contributed by atoms with Crippen LogP contribution in [0.3, 0.4) is 0 Å². The van der Waals surface area contributed by atoms with Crippen molar-refractivity contribution in [3.63, 3.8) is 0 Å². The quantitative estimate of drug-likeness (QED) is 0.413. The molecule has 3 N–H and O–H groups in total. The zero-order valence-electron chi connectivity index (χ0n) is 17.0. The maximum Gasteiger partial charge on any atom is 0.323 e. The Balaban J connectivity index is 1.52. The molecule has 0 fully saturated rings. The lowest BCUT2D eigenvalue weighted by Crippen LogP contribution is -2.28. The highest BCUT2D eigenvalue weighted by molar-refractivity contribution is 6.30. The van der Waals surface area contributed by atoms with E-state index in [0.717, 1.165) is 0 Å². The molecule has 4 rings (SSSR count). The smallest absolute Gasteiger partial charge is 0.323 e. The number of amides is 3. The Morgan fingerprint density at radius 1 is 1.03 bits per heavy atom. The Bertz CT molecular complexity index is 1410. The van der Waals surface area contributed by atoms with Gasteiger partial charge in [-0.05, 0) is 48.0 Å². The Hall–Kier alpha value is -4.24. The number of benzene rings is 2. The fraction of sp³-hybridized carbons (Fsp3) is 0.0435. The van der Waals surface area contributed by atoms with Gasteiger partial charge in [0.15, 0.2) is 5.65 Å². The highest BCUT2D eigenvalue weighted by atomic mass is 35.5. The van der Waals surface area contributed by atoms with Crippen LogP contribution in [0.25, 0.3) is 5.65 Å². The van der Waals surface area contributed by atoms with Gasteiger partial charge in [0, 0.05) is 23.5 Å². The molecule has 2 aromatic carbocycles. The van der Waals surface area contributed by atoms with E-state index in [2.05, 4.69) is 20.9 Å². The highest BCUT2D eigenvalue weighted by Gasteiger charge is 2.15. The van der Waals surface area contributed by atoms with Gasteiger partial charge in [-0.15, -0.1) is 0 Å². The molecule has 33 heavy (non-hydrogen) atoms. The normalized spacial score (nSPS) is 10.6. The molecule has 8 nitrogen and oxygen atoms in total. The van der Waals surface area contributed by atoms with Crippen LogP contribution in [0.5, 0.6) is 0 Å². The second-order valence-corrected chi connectivity index (χ2v) is 7.43. The van der Waals surface area contributed by atoms with Crippen molar-refractivity contribution >= 4 is 40.6 Å². The number of carbonyl (C=O) groups excluding carboxylic acids is 2. The summed E-state index contributed by atoms with van der Waals surface area (Å²) in [4.78, 5) is 42.0. The van der Waals surface area contributed by atoms with Crippen molar-refractivity contribution in [2.75, 3.05) is 10.6 Å². The standard InChI is InChI=1S/C23H17ClFN5O3/c24-15-3-1-4-17(11-15)28-23(33)29-19-13-26-20-18(5-2-10-30(20)22(19)32)21(31)27-12-14-6-8-16(25)9-7-14/h1-11,13H,12H2,(H,27,31)(H2,28,29,33). The first-order chi connectivity index (χ1) is 15.9. The van der Waals surface area contributed by atoms with Crippen molar-refractivity contribution in [2.45, 2.75) is 6.54 Å². The minimum atomic E-state index is -0.649. The molecule has 3 amide bonds. The van der Waals surface area contributed by atoms with E-state index in [9.17, 15) is 18.8 Å². The Morgan fingerprint density at radius 3 is 2.58 bits per heavy atom. The molecule has 0 radical (unpaired) electrons. The molecular weight excluding hydrogens is 449 g/mol. The molecule has 0 aliphatic carbocycles. The number of nitrogens with zero attached hydrogens (tertiary/aromatic N) is 2. The maximum absolute atomic E-state index is 13.0. The first-order valence-electron chi connectivity index (χ1n) is 9.77. The summed E-state index contributed by atoms with van der Waals surface area (Å²) in [7, 11) is 0. The van der Waals surface area contributed by atoms with E-state index in [0.29, 0.717) is 16.3 Å². The summed E-state index contributed by atoms with van der Waals surface area (Å²) in [5.74, 6) is -0.822. The number of rotatable bonds is 5. The lowest BCUT2D eigenvalue weighted by Gasteiger charge is -2.11. The summed E-state index contributed by atoms with van der Waals surface area (Å²) >= 11 is 5.90. The van der Waals surface area contributed by atoms with Gasteiger partial charge in [0.2, 0.25) is 0 Å². The van der Waals surface area contributed by atoms with Crippen LogP contribution in [0.15, 0.2) is 77.9 Å². The minimum absolute atomic E-state index is 0.0732. The minimum Gasteiger partial charge on any atom is -0.348 e. The Kier molecular flexibility index (Phi) is 6.32. The van der Waals surface area contributed by atoms with E-state index in [1.807, 2.05) is 0 Å². The second kappa shape index (κ2) is 9.49. The van der Waals surface area contributed by atoms with Crippen molar-refractivity contribution in [1.82, 2.24) is 14.7 Å². The molecule has 0 aliphatic heterocycles. The number of hydrogen-bond donors (Lipinski definition) is 3. The van der Waals surface area contributed by atoms with E-state index < -0.39 is 17.5 Å². The molecule has 4 aromatic rings. The molecule has 0 atom stereocenters. The van der Waals surface area contributed by atoms with Gasteiger partial charge in [-0.25, -0.2) is 14.2 Å². The third-order valence-electron chi connectivity index (χ3n) is 4.67. The number of nitrogens with one attached hydrogen (secondary N) is 3. The molecule has 2 heterocycles. The van der Waals surface area contributed by atoms with Gasteiger partial charge in [-0.2, -0.15) is 0 Å². The average molecular weight is 466 g/mol. The zero-order chi connectivity index (χ0) is 23.4. The number of hydrogen-bond acceptors (Lipinski definition) is 4. The highest BCUT2D eigenvalue weighted by Crippen LogP contribution is 2.15. The maximum atomic E-state index is 13.0. The number of halogens is 2. The molecule has 0 spiro atoms. The molecular formula is C23H17ClFN5O3. The van der Waals surface area contributed by atoms with Crippen molar-refractivity contribution < 1.29 is 14.0 Å². The number of aromatic nitrogens is 2. The topological polar surface area (TPSA) is 105 Å². The van der Waals surface area contributed by atoms with Crippen LogP contribution in [0, 0.1) is 5.82 Å². The lowest BCUT2D eigenvalue weighted by atomic mass is 10.2. The molecule has 166 valence electrons. The third-order valence-corrected chi connectivity index (χ3v) is 4.91. The molecule has 2 aromatic heterocycles. The summed E-state index contributed by atoms with van der Waals surface area (Å²) in [6.07, 6.45) is 2.63. The van der Waals surface area contributed by atoms with Gasteiger partial charge in [-0.1, -0.05) is 29.8 Å². The van der Waals surface area contributed by atoms with Crippen LogP contribution < -0.4 is 21.5 Å². The van der Waals surface area contributed by atoms with E-state index in [1.165, 1.54) is 41.1 Å². The van der Waals surface area contributed by atoms with Gasteiger partial charge < -0.3 is 16.0 Å². The molecule has 0 bridgehead atoms. The number of urea groups is 1. The van der Waals surface area contributed by atoms with Gasteiger partial charge in [-0.3, -0.25) is 14.0 Å². The lowest BCUT2D eigenvalue weighted by molar-refractivity contribution is 0.0952. The van der Waals surface area contributed by atoms with E-state index in [4.69, 9.17) is 11.6 Å². The van der Waals surface area contributed by atoms with Gasteiger partial charge in [0.1, 0.15) is 11.5 Å². The fourth-order valence-electron chi connectivity index (χ4n) is 3.10. The van der Waals surface area contributed by atoms with Crippen molar-refractivity contribution in [1.29, 1.82) is 0 Å². The van der Waals surface area contributed by atoms with E-state index in [-0.39, 0.29) is 29.3 Å². The summed E-state index contributed by atoms with van der Waals surface area (Å²) in [6, 6.07) is 14.7. The predicted molar refractivity (Wildman–Crippen MR) is 123 cm³/mol. The van der Waals surface area contributed by atoms with Gasteiger partial charge in [0.25, 0.3) is 11.5 Å². The van der Waals surface area contributed by atoms with Crippen LogP contribution in [-0.2, 0) is 6.54 Å². The predicted octanol–water partition coefficient (Wildman–Crippen LogP) is 4.06. The van der Waals surface area contributed by atoms with Crippen LogP contribution in [0.4, 0.5) is 20.6 Å². The number of carbonyl (C=O) groups is 2. The molecule has 0 unspecified atom stereocenters. The summed E-state index contributed by atoms with van der Waals surface area (Å²) < 4.78 is 14.2. The largest absolute Gasteiger partial charge is 0.348 e. The second-order valence-electron chi connectivity index (χ2n) is 6.99. The first kappa shape index (κ1) is 22.0. The first-order valence-corrected chi connectivity index (χ1v) is 10.1. The van der Waals surface area contributed by atoms with Crippen LogP contribution >= 0.6 is 11.6 Å².